The van der Waals surface area contributed by atoms with Crippen LogP contribution in [0.3, 0.4) is 0 Å². The van der Waals surface area contributed by atoms with E-state index in [1.807, 2.05) is 0 Å². The Bertz CT molecular complexity index is 938. The van der Waals surface area contributed by atoms with E-state index in [0.29, 0.717) is 5.76 Å². The first-order chi connectivity index (χ1) is 12.6. The molecular weight excluding hydrogens is 337 g/mol. The fourth-order valence-corrected chi connectivity index (χ4v) is 2.13. The molecule has 2 amide bonds. The number of anilines is 2. The van der Waals surface area contributed by atoms with Crippen molar-refractivity contribution in [3.63, 3.8) is 0 Å². The first-order valence-electron chi connectivity index (χ1n) is 7.66. The van der Waals surface area contributed by atoms with Crippen LogP contribution in [0.25, 0.3) is 6.08 Å². The number of halogens is 1. The minimum Gasteiger partial charge on any atom is -0.465 e. The van der Waals surface area contributed by atoms with E-state index in [2.05, 4.69) is 15.6 Å². The van der Waals surface area contributed by atoms with E-state index in [4.69, 9.17) is 4.42 Å². The normalized spacial score (nSPS) is 10.7. The number of carbonyl (C=O) groups is 2. The highest BCUT2D eigenvalue weighted by Crippen LogP contribution is 2.23. The van der Waals surface area contributed by atoms with Crippen LogP contribution in [0.5, 0.6) is 0 Å². The fraction of sp³-hybridized carbons (Fsp3) is 0. The molecule has 2 N–H and O–H groups in total. The van der Waals surface area contributed by atoms with E-state index < -0.39 is 17.6 Å². The summed E-state index contributed by atoms with van der Waals surface area (Å²) in [5.41, 5.74) is 0.581. The van der Waals surface area contributed by atoms with Crippen molar-refractivity contribution >= 4 is 29.3 Å². The van der Waals surface area contributed by atoms with Crippen LogP contribution in [0.15, 0.2) is 71.5 Å². The molecule has 3 aromatic rings. The number of nitrogens with zero attached hydrogens (tertiary/aromatic N) is 1. The predicted octanol–water partition coefficient (Wildman–Crippen LogP) is 3.72. The van der Waals surface area contributed by atoms with Crippen molar-refractivity contribution in [3.8, 4) is 0 Å². The molecule has 1 aromatic carbocycles. The SMILES string of the molecule is O=C(C=Cc1ccco1)Nc1cc(F)ccc1NC(=O)c1ccccn1. The zero-order valence-electron chi connectivity index (χ0n) is 13.5. The third-order valence-corrected chi connectivity index (χ3v) is 3.33. The Balaban J connectivity index is 1.75. The maximum atomic E-state index is 13.6. The molecule has 0 aliphatic carbocycles. The number of amides is 2. The van der Waals surface area contributed by atoms with Gasteiger partial charge < -0.3 is 15.1 Å². The van der Waals surface area contributed by atoms with Crippen LogP contribution in [0.1, 0.15) is 16.2 Å². The number of carbonyl (C=O) groups excluding carboxylic acids is 2. The highest BCUT2D eigenvalue weighted by Gasteiger charge is 2.12. The van der Waals surface area contributed by atoms with Gasteiger partial charge in [0.2, 0.25) is 5.91 Å². The van der Waals surface area contributed by atoms with Crippen LogP contribution >= 0.6 is 0 Å². The first kappa shape index (κ1) is 17.1. The quantitative estimate of drug-likeness (QED) is 0.686. The lowest BCUT2D eigenvalue weighted by molar-refractivity contribution is -0.111. The van der Waals surface area contributed by atoms with E-state index in [1.165, 1.54) is 36.7 Å². The Hall–Kier alpha value is -3.74. The second kappa shape index (κ2) is 7.89. The number of aromatic nitrogens is 1. The molecule has 130 valence electrons. The summed E-state index contributed by atoms with van der Waals surface area (Å²) in [5, 5.41) is 5.13. The van der Waals surface area contributed by atoms with Crippen LogP contribution in [0, 0.1) is 5.82 Å². The van der Waals surface area contributed by atoms with E-state index in [9.17, 15) is 14.0 Å². The fourth-order valence-electron chi connectivity index (χ4n) is 2.13. The Morgan fingerprint density at radius 3 is 2.65 bits per heavy atom. The number of rotatable bonds is 5. The van der Waals surface area contributed by atoms with Gasteiger partial charge in [-0.1, -0.05) is 6.07 Å². The van der Waals surface area contributed by atoms with Crippen molar-refractivity contribution < 1.29 is 18.4 Å². The number of pyridine rings is 1. The number of nitrogens with one attached hydrogen (secondary N) is 2. The molecular formula is C19H14FN3O3. The maximum absolute atomic E-state index is 13.6. The molecule has 0 aliphatic rings. The van der Waals surface area contributed by atoms with E-state index >= 15 is 0 Å². The smallest absolute Gasteiger partial charge is 0.274 e. The van der Waals surface area contributed by atoms with Gasteiger partial charge in [-0.25, -0.2) is 4.39 Å². The monoisotopic (exact) mass is 351 g/mol. The van der Waals surface area contributed by atoms with Gasteiger partial charge >= 0.3 is 0 Å². The molecule has 7 heteroatoms. The van der Waals surface area contributed by atoms with Crippen molar-refractivity contribution in [2.75, 3.05) is 10.6 Å². The minimum absolute atomic E-state index is 0.128. The molecule has 0 unspecified atom stereocenters. The van der Waals surface area contributed by atoms with Crippen molar-refractivity contribution in [1.29, 1.82) is 0 Å². The second-order valence-electron chi connectivity index (χ2n) is 5.20. The third kappa shape index (κ3) is 4.41. The lowest BCUT2D eigenvalue weighted by Gasteiger charge is -2.11. The lowest BCUT2D eigenvalue weighted by atomic mass is 10.2. The molecule has 0 aliphatic heterocycles. The molecule has 0 radical (unpaired) electrons. The van der Waals surface area contributed by atoms with Gasteiger partial charge in [-0.3, -0.25) is 14.6 Å². The van der Waals surface area contributed by atoms with Gasteiger partial charge in [-0.05, 0) is 48.5 Å². The van der Waals surface area contributed by atoms with E-state index in [1.54, 1.807) is 30.3 Å². The van der Waals surface area contributed by atoms with Crippen LogP contribution in [0.2, 0.25) is 0 Å². The van der Waals surface area contributed by atoms with Gasteiger partial charge in [0, 0.05) is 12.3 Å². The summed E-state index contributed by atoms with van der Waals surface area (Å²) in [7, 11) is 0. The maximum Gasteiger partial charge on any atom is 0.274 e. The van der Waals surface area contributed by atoms with Gasteiger partial charge in [0.15, 0.2) is 0 Å². The van der Waals surface area contributed by atoms with Gasteiger partial charge in [-0.15, -0.1) is 0 Å². The number of hydrogen-bond acceptors (Lipinski definition) is 4. The Kier molecular flexibility index (Phi) is 5.19. The predicted molar refractivity (Wildman–Crippen MR) is 95.0 cm³/mol. The van der Waals surface area contributed by atoms with Gasteiger partial charge in [-0.2, -0.15) is 0 Å². The number of furan rings is 1. The van der Waals surface area contributed by atoms with Gasteiger partial charge in [0.25, 0.3) is 5.91 Å². The average molecular weight is 351 g/mol. The highest BCUT2D eigenvalue weighted by atomic mass is 19.1. The lowest BCUT2D eigenvalue weighted by Crippen LogP contribution is -2.16. The Morgan fingerprint density at radius 1 is 1.04 bits per heavy atom. The Morgan fingerprint density at radius 2 is 1.92 bits per heavy atom. The molecule has 0 bridgehead atoms. The molecule has 2 aromatic heterocycles. The Labute approximate surface area is 148 Å². The number of hydrogen-bond donors (Lipinski definition) is 2. The minimum atomic E-state index is -0.550. The molecule has 0 atom stereocenters. The van der Waals surface area contributed by atoms with E-state index in [0.717, 1.165) is 6.07 Å². The molecule has 3 rings (SSSR count). The molecule has 0 saturated heterocycles. The van der Waals surface area contributed by atoms with Crippen molar-refractivity contribution in [2.24, 2.45) is 0 Å². The zero-order valence-corrected chi connectivity index (χ0v) is 13.5. The standard InChI is InChI=1S/C19H14FN3O3/c20-13-6-8-15(23-19(25)16-5-1-2-10-21-16)17(12-13)22-18(24)9-7-14-4-3-11-26-14/h1-12H,(H,22,24)(H,23,25). The van der Waals surface area contributed by atoms with Crippen LogP contribution in [-0.2, 0) is 4.79 Å². The van der Waals surface area contributed by atoms with Crippen LogP contribution < -0.4 is 10.6 Å². The average Bonchev–Trinajstić information content (AvgIpc) is 3.16. The molecule has 0 fully saturated rings. The van der Waals surface area contributed by atoms with E-state index in [-0.39, 0.29) is 17.1 Å². The number of benzene rings is 1. The second-order valence-corrected chi connectivity index (χ2v) is 5.20. The molecule has 0 spiro atoms. The largest absolute Gasteiger partial charge is 0.465 e. The summed E-state index contributed by atoms with van der Waals surface area (Å²) >= 11 is 0. The summed E-state index contributed by atoms with van der Waals surface area (Å²) < 4.78 is 18.6. The molecule has 0 saturated carbocycles. The highest BCUT2D eigenvalue weighted by molar-refractivity contribution is 6.08. The van der Waals surface area contributed by atoms with Crippen molar-refractivity contribution in [3.05, 3.63) is 84.3 Å². The van der Waals surface area contributed by atoms with Crippen LogP contribution in [-0.4, -0.2) is 16.8 Å². The van der Waals surface area contributed by atoms with Crippen molar-refractivity contribution in [2.45, 2.75) is 0 Å². The molecule has 2 heterocycles. The van der Waals surface area contributed by atoms with Crippen molar-refractivity contribution in [1.82, 2.24) is 4.98 Å². The summed E-state index contributed by atoms with van der Waals surface area (Å²) in [6.45, 7) is 0. The van der Waals surface area contributed by atoms with Gasteiger partial charge in [0.1, 0.15) is 17.3 Å². The van der Waals surface area contributed by atoms with Crippen LogP contribution in [0.4, 0.5) is 15.8 Å². The zero-order chi connectivity index (χ0) is 18.4. The topological polar surface area (TPSA) is 84.2 Å². The third-order valence-electron chi connectivity index (χ3n) is 3.33. The summed E-state index contributed by atoms with van der Waals surface area (Å²) in [6, 6.07) is 11.9. The first-order valence-corrected chi connectivity index (χ1v) is 7.66. The summed E-state index contributed by atoms with van der Waals surface area (Å²) in [6.07, 6.45) is 5.69. The molecule has 6 nitrogen and oxygen atoms in total. The molecule has 26 heavy (non-hydrogen) atoms. The van der Waals surface area contributed by atoms with Gasteiger partial charge in [0.05, 0.1) is 17.6 Å². The summed E-state index contributed by atoms with van der Waals surface area (Å²) in [4.78, 5) is 28.2. The summed E-state index contributed by atoms with van der Waals surface area (Å²) in [5.74, 6) is -1.02.